The van der Waals surface area contributed by atoms with Crippen LogP contribution in [0.1, 0.15) is 23.7 Å². The number of nitrogens with one attached hydrogen (secondary N) is 1. The average molecular weight is 351 g/mol. The zero-order valence-corrected chi connectivity index (χ0v) is 14.6. The molecule has 0 spiro atoms. The maximum Gasteiger partial charge on any atom is 0.343 e. The minimum Gasteiger partial charge on any atom is -0.494 e. The summed E-state index contributed by atoms with van der Waals surface area (Å²) in [5.41, 5.74) is 0.330. The quantitative estimate of drug-likeness (QED) is 0.400. The molecule has 0 aliphatic carbocycles. The molecule has 0 amide bonds. The van der Waals surface area contributed by atoms with Crippen molar-refractivity contribution in [3.05, 3.63) is 40.3 Å². The molecule has 0 unspecified atom stereocenters. The van der Waals surface area contributed by atoms with Gasteiger partial charge in [0.1, 0.15) is 5.75 Å². The molecule has 0 radical (unpaired) electrons. The summed E-state index contributed by atoms with van der Waals surface area (Å²) < 4.78 is 11.9. The number of H-pyrrole nitrogens is 1. The number of carbonyl (C=O) groups is 1. The number of thioether (sulfide) groups is 1. The van der Waals surface area contributed by atoms with Crippen molar-refractivity contribution in [2.75, 3.05) is 26.1 Å². The van der Waals surface area contributed by atoms with Gasteiger partial charge >= 0.3 is 5.69 Å². The molecular weight excluding hydrogens is 330 g/mol. The van der Waals surface area contributed by atoms with Crippen LogP contribution in [-0.2, 0) is 11.3 Å². The molecular formula is C16H21N3O4S. The molecule has 1 aromatic heterocycles. The second-order valence-corrected chi connectivity index (χ2v) is 5.92. The van der Waals surface area contributed by atoms with Crippen molar-refractivity contribution >= 4 is 17.5 Å². The number of benzene rings is 1. The predicted octanol–water partition coefficient (Wildman–Crippen LogP) is 1.98. The number of Topliss-reactive ketones (excluding diaryl/α,β-unsaturated/α-hetero) is 1. The minimum absolute atomic E-state index is 0.0260. The number of carbonyl (C=O) groups excluding carboxylic acids is 1. The summed E-state index contributed by atoms with van der Waals surface area (Å²) in [5, 5.41) is 6.90. The number of aromatic amines is 1. The predicted molar refractivity (Wildman–Crippen MR) is 92.0 cm³/mol. The van der Waals surface area contributed by atoms with E-state index in [-0.39, 0.29) is 17.2 Å². The molecule has 8 heteroatoms. The molecule has 0 fully saturated rings. The van der Waals surface area contributed by atoms with E-state index in [1.54, 1.807) is 31.4 Å². The molecule has 2 rings (SSSR count). The maximum absolute atomic E-state index is 12.3. The van der Waals surface area contributed by atoms with Gasteiger partial charge in [0.15, 0.2) is 10.9 Å². The van der Waals surface area contributed by atoms with Crippen molar-refractivity contribution in [3.63, 3.8) is 0 Å². The van der Waals surface area contributed by atoms with Crippen LogP contribution in [0, 0.1) is 0 Å². The third-order valence-electron chi connectivity index (χ3n) is 3.27. The lowest BCUT2D eigenvalue weighted by molar-refractivity contribution is 0.102. The Morgan fingerprint density at radius 3 is 2.75 bits per heavy atom. The van der Waals surface area contributed by atoms with Crippen LogP contribution in [0.2, 0.25) is 0 Å². The molecule has 24 heavy (non-hydrogen) atoms. The molecule has 2 aromatic rings. The maximum atomic E-state index is 12.3. The molecule has 1 aromatic carbocycles. The van der Waals surface area contributed by atoms with Gasteiger partial charge in [0.05, 0.1) is 12.4 Å². The molecule has 0 saturated heterocycles. The fourth-order valence-electron chi connectivity index (χ4n) is 2.09. The normalized spacial score (nSPS) is 10.8. The lowest BCUT2D eigenvalue weighted by atomic mass is 10.1. The van der Waals surface area contributed by atoms with Gasteiger partial charge in [0, 0.05) is 25.8 Å². The fourth-order valence-corrected chi connectivity index (χ4v) is 2.96. The topological polar surface area (TPSA) is 86.2 Å². The highest BCUT2D eigenvalue weighted by atomic mass is 32.2. The van der Waals surface area contributed by atoms with Crippen LogP contribution in [0.5, 0.6) is 5.75 Å². The monoisotopic (exact) mass is 351 g/mol. The number of ketones is 1. The molecule has 0 aliphatic rings. The van der Waals surface area contributed by atoms with Gasteiger partial charge in [-0.2, -0.15) is 0 Å². The summed E-state index contributed by atoms with van der Waals surface area (Å²) in [6.45, 7) is 3.56. The Morgan fingerprint density at radius 1 is 1.33 bits per heavy atom. The van der Waals surface area contributed by atoms with Crippen LogP contribution in [0.15, 0.2) is 34.2 Å². The Bertz CT molecular complexity index is 709. The van der Waals surface area contributed by atoms with Crippen molar-refractivity contribution < 1.29 is 14.3 Å². The standard InChI is InChI=1S/C16H21N3O4S/c1-3-23-13-7-5-12(6-8-13)14(20)11-24-16-18-17-15(21)19(16)9-4-10-22-2/h5-8H,3-4,9-11H2,1-2H3,(H,17,21). The first-order valence-corrected chi connectivity index (χ1v) is 8.67. The summed E-state index contributed by atoms with van der Waals surface area (Å²) in [6.07, 6.45) is 0.705. The third-order valence-corrected chi connectivity index (χ3v) is 4.25. The Kier molecular flexibility index (Phi) is 7.07. The highest BCUT2D eigenvalue weighted by molar-refractivity contribution is 7.99. The largest absolute Gasteiger partial charge is 0.494 e. The lowest BCUT2D eigenvalue weighted by Gasteiger charge is -2.06. The second kappa shape index (κ2) is 9.29. The van der Waals surface area contributed by atoms with Crippen LogP contribution in [0.25, 0.3) is 0 Å². The van der Waals surface area contributed by atoms with Crippen molar-refractivity contribution in [2.24, 2.45) is 0 Å². The van der Waals surface area contributed by atoms with Crippen LogP contribution >= 0.6 is 11.8 Å². The van der Waals surface area contributed by atoms with Gasteiger partial charge in [-0.1, -0.05) is 11.8 Å². The minimum atomic E-state index is -0.276. The fraction of sp³-hybridized carbons (Fsp3) is 0.438. The summed E-state index contributed by atoms with van der Waals surface area (Å²) in [7, 11) is 1.61. The Balaban J connectivity index is 1.95. The van der Waals surface area contributed by atoms with E-state index in [0.717, 1.165) is 5.75 Å². The summed E-state index contributed by atoms with van der Waals surface area (Å²) in [4.78, 5) is 24.0. The smallest absolute Gasteiger partial charge is 0.343 e. The van der Waals surface area contributed by atoms with E-state index in [1.165, 1.54) is 16.3 Å². The lowest BCUT2D eigenvalue weighted by Crippen LogP contribution is -2.18. The van der Waals surface area contributed by atoms with Gasteiger partial charge in [0.25, 0.3) is 0 Å². The van der Waals surface area contributed by atoms with Crippen molar-refractivity contribution in [1.29, 1.82) is 0 Å². The van der Waals surface area contributed by atoms with Crippen molar-refractivity contribution in [3.8, 4) is 5.75 Å². The van der Waals surface area contributed by atoms with Gasteiger partial charge in [-0.25, -0.2) is 9.89 Å². The van der Waals surface area contributed by atoms with Gasteiger partial charge in [-0.15, -0.1) is 5.10 Å². The van der Waals surface area contributed by atoms with Crippen molar-refractivity contribution in [2.45, 2.75) is 25.0 Å². The Morgan fingerprint density at radius 2 is 2.08 bits per heavy atom. The van der Waals surface area contributed by atoms with Gasteiger partial charge < -0.3 is 9.47 Å². The zero-order chi connectivity index (χ0) is 17.4. The first-order valence-electron chi connectivity index (χ1n) is 7.68. The molecule has 0 atom stereocenters. The van der Waals surface area contributed by atoms with Gasteiger partial charge in [0.2, 0.25) is 0 Å². The van der Waals surface area contributed by atoms with E-state index in [1.807, 2.05) is 6.92 Å². The number of methoxy groups -OCH3 is 1. The second-order valence-electron chi connectivity index (χ2n) is 4.98. The van der Waals surface area contributed by atoms with E-state index in [0.29, 0.717) is 36.9 Å². The van der Waals surface area contributed by atoms with Crippen LogP contribution < -0.4 is 10.4 Å². The third kappa shape index (κ3) is 4.97. The number of aromatic nitrogens is 3. The SMILES string of the molecule is CCOc1ccc(C(=O)CSc2n[nH]c(=O)n2CCCOC)cc1. The highest BCUT2D eigenvalue weighted by Gasteiger charge is 2.12. The van der Waals surface area contributed by atoms with Crippen molar-refractivity contribution in [1.82, 2.24) is 14.8 Å². The molecule has 0 bridgehead atoms. The number of ether oxygens (including phenoxy) is 2. The first kappa shape index (κ1) is 18.3. The number of hydrogen-bond acceptors (Lipinski definition) is 6. The van der Waals surface area contributed by atoms with Crippen LogP contribution in [0.4, 0.5) is 0 Å². The molecule has 1 heterocycles. The van der Waals surface area contributed by atoms with Crippen LogP contribution in [0.3, 0.4) is 0 Å². The average Bonchev–Trinajstić information content (AvgIpc) is 2.94. The molecule has 130 valence electrons. The molecule has 0 saturated carbocycles. The summed E-state index contributed by atoms with van der Waals surface area (Å²) in [5.74, 6) is 0.922. The Labute approximate surface area is 144 Å². The number of rotatable bonds is 10. The van der Waals surface area contributed by atoms with Gasteiger partial charge in [-0.05, 0) is 37.6 Å². The van der Waals surface area contributed by atoms with E-state index >= 15 is 0 Å². The molecule has 0 aliphatic heterocycles. The van der Waals surface area contributed by atoms with Crippen LogP contribution in [-0.4, -0.2) is 46.6 Å². The zero-order valence-electron chi connectivity index (χ0n) is 13.8. The summed E-state index contributed by atoms with van der Waals surface area (Å²) >= 11 is 1.24. The molecule has 7 nitrogen and oxygen atoms in total. The van der Waals surface area contributed by atoms with E-state index < -0.39 is 0 Å². The first-order chi connectivity index (χ1) is 11.7. The molecule has 1 N–H and O–H groups in total. The van der Waals surface area contributed by atoms with E-state index in [4.69, 9.17) is 9.47 Å². The number of hydrogen-bond donors (Lipinski definition) is 1. The van der Waals surface area contributed by atoms with E-state index in [2.05, 4.69) is 10.2 Å². The van der Waals surface area contributed by atoms with E-state index in [9.17, 15) is 9.59 Å². The number of nitrogens with zero attached hydrogens (tertiary/aromatic N) is 2. The van der Waals surface area contributed by atoms with Gasteiger partial charge in [-0.3, -0.25) is 9.36 Å². The summed E-state index contributed by atoms with van der Waals surface area (Å²) in [6, 6.07) is 7.03. The highest BCUT2D eigenvalue weighted by Crippen LogP contribution is 2.18. The Hall–Kier alpha value is -2.06.